The topological polar surface area (TPSA) is 55.6 Å². The van der Waals surface area contributed by atoms with Crippen molar-refractivity contribution in [3.05, 3.63) is 29.8 Å². The van der Waals surface area contributed by atoms with Crippen molar-refractivity contribution < 1.29 is 9.53 Å². The highest BCUT2D eigenvalue weighted by Gasteiger charge is 2.12. The van der Waals surface area contributed by atoms with Gasteiger partial charge in [-0.1, -0.05) is 24.4 Å². The van der Waals surface area contributed by atoms with Crippen molar-refractivity contribution in [3.8, 4) is 5.75 Å². The van der Waals surface area contributed by atoms with Gasteiger partial charge in [0.25, 0.3) is 5.91 Å². The van der Waals surface area contributed by atoms with Gasteiger partial charge in [0.05, 0.1) is 4.99 Å². The fourth-order valence-electron chi connectivity index (χ4n) is 1.44. The predicted molar refractivity (Wildman–Crippen MR) is 80.3 cm³/mol. The van der Waals surface area contributed by atoms with Crippen molar-refractivity contribution in [1.29, 1.82) is 0 Å². The third-order valence-corrected chi connectivity index (χ3v) is 2.98. The molecule has 0 aliphatic rings. The second-order valence-corrected chi connectivity index (χ2v) is 5.20. The number of rotatable bonds is 6. The number of ether oxygens (including phenoxy) is 1. The van der Waals surface area contributed by atoms with Crippen LogP contribution in [-0.4, -0.2) is 35.5 Å². The lowest BCUT2D eigenvalue weighted by Gasteiger charge is -2.21. The summed E-state index contributed by atoms with van der Waals surface area (Å²) in [6.45, 7) is 3.97. The highest BCUT2D eigenvalue weighted by atomic mass is 32.1. The predicted octanol–water partition coefficient (Wildman–Crippen LogP) is 1.76. The molecule has 0 radical (unpaired) electrons. The van der Waals surface area contributed by atoms with Crippen molar-refractivity contribution in [2.24, 2.45) is 5.73 Å². The Morgan fingerprint density at radius 1 is 1.37 bits per heavy atom. The Balaban J connectivity index is 2.50. The van der Waals surface area contributed by atoms with E-state index in [2.05, 4.69) is 0 Å². The second-order valence-electron chi connectivity index (χ2n) is 4.67. The number of amides is 1. The Morgan fingerprint density at radius 3 is 2.42 bits per heavy atom. The highest BCUT2D eigenvalue weighted by molar-refractivity contribution is 7.80. The first-order valence-electron chi connectivity index (χ1n) is 6.16. The first-order chi connectivity index (χ1) is 8.90. The van der Waals surface area contributed by atoms with Gasteiger partial charge in [-0.15, -0.1) is 0 Å². The van der Waals surface area contributed by atoms with E-state index in [-0.39, 0.29) is 18.6 Å². The molecule has 1 aromatic rings. The fourth-order valence-corrected chi connectivity index (χ4v) is 1.61. The molecular weight excluding hydrogens is 260 g/mol. The monoisotopic (exact) mass is 280 g/mol. The van der Waals surface area contributed by atoms with Gasteiger partial charge < -0.3 is 15.4 Å². The molecule has 19 heavy (non-hydrogen) atoms. The number of carbonyl (C=O) groups is 1. The summed E-state index contributed by atoms with van der Waals surface area (Å²) in [5.41, 5.74) is 6.51. The van der Waals surface area contributed by atoms with Crippen molar-refractivity contribution in [3.63, 3.8) is 0 Å². The van der Waals surface area contributed by atoms with Gasteiger partial charge in [-0.05, 0) is 31.5 Å². The third kappa shape index (κ3) is 5.26. The van der Waals surface area contributed by atoms with E-state index < -0.39 is 0 Å². The van der Waals surface area contributed by atoms with Gasteiger partial charge in [0.2, 0.25) is 0 Å². The van der Waals surface area contributed by atoms with E-state index in [1.165, 1.54) is 0 Å². The minimum Gasteiger partial charge on any atom is -0.484 e. The Labute approximate surface area is 119 Å². The lowest BCUT2D eigenvalue weighted by atomic mass is 10.1. The maximum atomic E-state index is 11.7. The molecule has 1 aromatic carbocycles. The van der Waals surface area contributed by atoms with Crippen molar-refractivity contribution in [2.75, 3.05) is 13.7 Å². The summed E-state index contributed by atoms with van der Waals surface area (Å²) >= 11 is 4.85. The lowest BCUT2D eigenvalue weighted by Crippen LogP contribution is -2.36. The molecule has 0 fully saturated rings. The normalized spacial score (nSPS) is 10.3. The van der Waals surface area contributed by atoms with E-state index in [1.807, 2.05) is 38.1 Å². The molecule has 1 rings (SSSR count). The molecule has 0 atom stereocenters. The smallest absolute Gasteiger partial charge is 0.260 e. The fraction of sp³-hybridized carbons (Fsp3) is 0.429. The molecule has 0 saturated heterocycles. The van der Waals surface area contributed by atoms with Crippen LogP contribution in [0.5, 0.6) is 5.75 Å². The molecule has 4 nitrogen and oxygen atoms in total. The molecule has 0 aromatic heterocycles. The Morgan fingerprint density at radius 2 is 1.95 bits per heavy atom. The van der Waals surface area contributed by atoms with Gasteiger partial charge in [-0.25, -0.2) is 0 Å². The maximum absolute atomic E-state index is 11.7. The maximum Gasteiger partial charge on any atom is 0.260 e. The first-order valence-corrected chi connectivity index (χ1v) is 6.56. The van der Waals surface area contributed by atoms with Crippen LogP contribution in [0.1, 0.15) is 19.4 Å². The van der Waals surface area contributed by atoms with Gasteiger partial charge in [0.15, 0.2) is 6.61 Å². The molecule has 0 heterocycles. The van der Waals surface area contributed by atoms with E-state index in [0.29, 0.717) is 17.2 Å². The number of likely N-dealkylation sites (N-methyl/N-ethyl adjacent to an activating group) is 1. The summed E-state index contributed by atoms with van der Waals surface area (Å²) in [6, 6.07) is 7.59. The minimum absolute atomic E-state index is 0.0396. The number of carbonyl (C=O) groups excluding carboxylic acids is 1. The quantitative estimate of drug-likeness (QED) is 0.807. The van der Waals surface area contributed by atoms with Crippen LogP contribution in [0.15, 0.2) is 24.3 Å². The number of hydrogen-bond acceptors (Lipinski definition) is 3. The van der Waals surface area contributed by atoms with Gasteiger partial charge >= 0.3 is 0 Å². The summed E-state index contributed by atoms with van der Waals surface area (Å²) in [5.74, 6) is 0.624. The average Bonchev–Trinajstić information content (AvgIpc) is 2.35. The zero-order valence-corrected chi connectivity index (χ0v) is 12.4. The lowest BCUT2D eigenvalue weighted by molar-refractivity contribution is -0.133. The number of thiocarbonyl (C=S) groups is 1. The van der Waals surface area contributed by atoms with Gasteiger partial charge in [-0.2, -0.15) is 0 Å². The minimum atomic E-state index is -0.0396. The Hall–Kier alpha value is -1.62. The second kappa shape index (κ2) is 7.09. The number of nitrogens with zero attached hydrogens (tertiary/aromatic N) is 1. The highest BCUT2D eigenvalue weighted by Crippen LogP contribution is 2.13. The molecule has 0 spiro atoms. The largest absolute Gasteiger partial charge is 0.484 e. The molecule has 0 aliphatic heterocycles. The standard InChI is InChI=1S/C14H20N2O2S/c1-10(2)16(3)14(17)9-18-12-6-4-11(5-7-12)8-13(15)19/h4-7,10H,8-9H2,1-3H3,(H2,15,19). The van der Waals surface area contributed by atoms with Gasteiger partial charge in [-0.3, -0.25) is 4.79 Å². The molecule has 1 amide bonds. The van der Waals surface area contributed by atoms with Crippen LogP contribution in [-0.2, 0) is 11.2 Å². The van der Waals surface area contributed by atoms with Gasteiger partial charge in [0.1, 0.15) is 5.75 Å². The Bertz CT molecular complexity index is 443. The van der Waals surface area contributed by atoms with Crippen LogP contribution in [0.25, 0.3) is 0 Å². The van der Waals surface area contributed by atoms with E-state index in [0.717, 1.165) is 5.56 Å². The van der Waals surface area contributed by atoms with Crippen molar-refractivity contribution in [2.45, 2.75) is 26.3 Å². The van der Waals surface area contributed by atoms with Crippen molar-refractivity contribution >= 4 is 23.1 Å². The summed E-state index contributed by atoms with van der Waals surface area (Å²) < 4.78 is 5.44. The summed E-state index contributed by atoms with van der Waals surface area (Å²) in [6.07, 6.45) is 0.574. The van der Waals surface area contributed by atoms with Gasteiger partial charge in [0, 0.05) is 19.5 Å². The summed E-state index contributed by atoms with van der Waals surface area (Å²) in [7, 11) is 1.77. The van der Waals surface area contributed by atoms with Crippen LogP contribution < -0.4 is 10.5 Å². The average molecular weight is 280 g/mol. The molecule has 5 heteroatoms. The number of hydrogen-bond donors (Lipinski definition) is 1. The van der Waals surface area contributed by atoms with E-state index in [9.17, 15) is 4.79 Å². The molecule has 0 aliphatic carbocycles. The molecule has 104 valence electrons. The summed E-state index contributed by atoms with van der Waals surface area (Å²) in [5, 5.41) is 0. The number of benzene rings is 1. The zero-order valence-electron chi connectivity index (χ0n) is 11.6. The number of nitrogens with two attached hydrogens (primary N) is 1. The van der Waals surface area contributed by atoms with E-state index in [1.54, 1.807) is 11.9 Å². The van der Waals surface area contributed by atoms with Crippen molar-refractivity contribution in [1.82, 2.24) is 4.90 Å². The third-order valence-electron chi connectivity index (χ3n) is 2.83. The summed E-state index contributed by atoms with van der Waals surface area (Å²) in [4.78, 5) is 13.9. The molecule has 0 unspecified atom stereocenters. The first kappa shape index (κ1) is 15.4. The van der Waals surface area contributed by atoms with Crippen LogP contribution in [0, 0.1) is 0 Å². The molecule has 2 N–H and O–H groups in total. The molecular formula is C14H20N2O2S. The van der Waals surface area contributed by atoms with Crippen LogP contribution in [0.4, 0.5) is 0 Å². The zero-order chi connectivity index (χ0) is 14.4. The van der Waals surface area contributed by atoms with E-state index >= 15 is 0 Å². The molecule has 0 saturated carbocycles. The van der Waals surface area contributed by atoms with Crippen LogP contribution in [0.3, 0.4) is 0 Å². The molecule has 0 bridgehead atoms. The van der Waals surface area contributed by atoms with Crippen LogP contribution >= 0.6 is 12.2 Å². The van der Waals surface area contributed by atoms with E-state index in [4.69, 9.17) is 22.7 Å². The Kier molecular flexibility index (Phi) is 5.76. The van der Waals surface area contributed by atoms with Crippen LogP contribution in [0.2, 0.25) is 0 Å². The SMILES string of the molecule is CC(C)N(C)C(=O)COc1ccc(CC(N)=S)cc1.